The summed E-state index contributed by atoms with van der Waals surface area (Å²) in [4.78, 5) is 23.6. The average molecular weight is 359 g/mol. The van der Waals surface area contributed by atoms with Crippen molar-refractivity contribution in [2.24, 2.45) is 7.05 Å². The number of urea groups is 1. The topological polar surface area (TPSA) is 88.9 Å². The highest BCUT2D eigenvalue weighted by molar-refractivity contribution is 7.99. The second-order valence-corrected chi connectivity index (χ2v) is 7.05. The summed E-state index contributed by atoms with van der Waals surface area (Å²) in [5.41, 5.74) is 0.981. The van der Waals surface area contributed by atoms with Crippen LogP contribution in [0.15, 0.2) is 35.5 Å². The summed E-state index contributed by atoms with van der Waals surface area (Å²) >= 11 is 1.48. The van der Waals surface area contributed by atoms with Crippen LogP contribution >= 0.6 is 11.8 Å². The molecule has 1 saturated carbocycles. The summed E-state index contributed by atoms with van der Waals surface area (Å²) in [6.45, 7) is 0.386. The maximum absolute atomic E-state index is 11.8. The summed E-state index contributed by atoms with van der Waals surface area (Å²) in [7, 11) is 1.95. The Morgan fingerprint density at radius 3 is 2.72 bits per heavy atom. The molecule has 1 aromatic heterocycles. The van der Waals surface area contributed by atoms with Crippen molar-refractivity contribution in [2.45, 2.75) is 36.9 Å². The zero-order chi connectivity index (χ0) is 17.6. The second kappa shape index (κ2) is 8.15. The fourth-order valence-electron chi connectivity index (χ4n) is 2.40. The number of aromatic nitrogens is 3. The lowest BCUT2D eigenvalue weighted by atomic mass is 10.2. The Hall–Kier alpha value is -2.35. The van der Waals surface area contributed by atoms with E-state index in [1.165, 1.54) is 24.6 Å². The predicted octanol–water partition coefficient (Wildman–Crippen LogP) is 2.20. The van der Waals surface area contributed by atoms with Crippen molar-refractivity contribution in [2.75, 3.05) is 5.75 Å². The van der Waals surface area contributed by atoms with Crippen LogP contribution in [0.4, 0.5) is 4.79 Å². The van der Waals surface area contributed by atoms with E-state index in [4.69, 9.17) is 0 Å². The van der Waals surface area contributed by atoms with Gasteiger partial charge in [-0.25, -0.2) is 4.79 Å². The fourth-order valence-corrected chi connectivity index (χ4v) is 3.25. The maximum atomic E-state index is 11.8. The van der Waals surface area contributed by atoms with Gasteiger partial charge in [0.25, 0.3) is 0 Å². The van der Waals surface area contributed by atoms with Gasteiger partial charge in [0.2, 0.25) is 5.91 Å². The molecule has 0 saturated heterocycles. The molecular formula is C17H21N5O2S. The third kappa shape index (κ3) is 5.06. The first-order chi connectivity index (χ1) is 12.1. The Morgan fingerprint density at radius 1 is 1.24 bits per heavy atom. The van der Waals surface area contributed by atoms with Gasteiger partial charge in [-0.15, -0.1) is 10.2 Å². The molecule has 25 heavy (non-hydrogen) atoms. The van der Waals surface area contributed by atoms with Crippen LogP contribution in [-0.4, -0.2) is 32.5 Å². The van der Waals surface area contributed by atoms with Crippen LogP contribution < -0.4 is 10.6 Å². The number of amides is 3. The minimum absolute atomic E-state index is 0.245. The number of carbonyl (C=O) groups is 2. The van der Waals surface area contributed by atoms with Gasteiger partial charge in [0, 0.05) is 31.7 Å². The zero-order valence-corrected chi connectivity index (χ0v) is 14.9. The number of hydrogen-bond donors (Lipinski definition) is 2. The normalized spacial score (nSPS) is 13.5. The van der Waals surface area contributed by atoms with Gasteiger partial charge in [0.05, 0.1) is 0 Å². The summed E-state index contributed by atoms with van der Waals surface area (Å²) in [6.07, 6.45) is 2.60. The molecule has 2 aromatic rings. The number of rotatable bonds is 7. The fraction of sp³-hybridized carbons (Fsp3) is 0.412. The Labute approximate surface area is 150 Å². The number of nitrogens with one attached hydrogen (secondary N) is 2. The number of thioether (sulfide) groups is 1. The molecule has 0 spiro atoms. The Bertz CT molecular complexity index is 743. The lowest BCUT2D eigenvalue weighted by Crippen LogP contribution is -2.39. The lowest BCUT2D eigenvalue weighted by molar-refractivity contribution is -0.119. The molecule has 132 valence electrons. The number of nitrogens with zero attached hydrogens (tertiary/aromatic N) is 3. The zero-order valence-electron chi connectivity index (χ0n) is 14.1. The molecule has 1 aliphatic carbocycles. The van der Waals surface area contributed by atoms with Gasteiger partial charge in [0.1, 0.15) is 5.82 Å². The molecule has 1 heterocycles. The van der Waals surface area contributed by atoms with Crippen LogP contribution in [0, 0.1) is 0 Å². The Balaban J connectivity index is 1.35. The summed E-state index contributed by atoms with van der Waals surface area (Å²) in [5.74, 6) is 1.81. The third-order valence-corrected chi connectivity index (χ3v) is 4.94. The minimum Gasteiger partial charge on any atom is -0.334 e. The van der Waals surface area contributed by atoms with Gasteiger partial charge >= 0.3 is 6.03 Å². The summed E-state index contributed by atoms with van der Waals surface area (Å²) < 4.78 is 1.99. The highest BCUT2D eigenvalue weighted by atomic mass is 32.2. The molecule has 0 atom stereocenters. The van der Waals surface area contributed by atoms with Crippen molar-refractivity contribution < 1.29 is 9.59 Å². The van der Waals surface area contributed by atoms with E-state index < -0.39 is 6.03 Å². The van der Waals surface area contributed by atoms with Crippen molar-refractivity contribution in [3.8, 4) is 0 Å². The lowest BCUT2D eigenvalue weighted by Gasteiger charge is -2.07. The van der Waals surface area contributed by atoms with Gasteiger partial charge in [-0.2, -0.15) is 0 Å². The first kappa shape index (κ1) is 17.5. The van der Waals surface area contributed by atoms with Crippen molar-refractivity contribution in [3.05, 3.63) is 41.7 Å². The highest BCUT2D eigenvalue weighted by Crippen LogP contribution is 2.39. The average Bonchev–Trinajstić information content (AvgIpc) is 3.38. The highest BCUT2D eigenvalue weighted by Gasteiger charge is 2.29. The quantitative estimate of drug-likeness (QED) is 0.740. The molecule has 3 amide bonds. The smallest absolute Gasteiger partial charge is 0.321 e. The minimum atomic E-state index is -0.478. The SMILES string of the molecule is Cn1c(SCCC(=O)NC(=O)NCc2ccccc2)nnc1C1CC1. The Morgan fingerprint density at radius 2 is 2.00 bits per heavy atom. The standard InChI is InChI=1S/C17H21N5O2S/c1-22-15(13-7-8-13)20-21-17(22)25-10-9-14(23)19-16(24)18-11-12-5-3-2-4-6-12/h2-6,13H,7-11H2,1H3,(H2,18,19,23,24). The largest absolute Gasteiger partial charge is 0.334 e. The molecule has 1 fully saturated rings. The van der Waals surface area contributed by atoms with E-state index in [0.29, 0.717) is 18.2 Å². The van der Waals surface area contributed by atoms with E-state index in [-0.39, 0.29) is 12.3 Å². The van der Waals surface area contributed by atoms with Crippen LogP contribution in [0.2, 0.25) is 0 Å². The number of imide groups is 1. The number of hydrogen-bond acceptors (Lipinski definition) is 5. The summed E-state index contributed by atoms with van der Waals surface area (Å²) in [5, 5.41) is 14.2. The molecular weight excluding hydrogens is 338 g/mol. The molecule has 2 N–H and O–H groups in total. The van der Waals surface area contributed by atoms with E-state index in [1.807, 2.05) is 41.9 Å². The van der Waals surface area contributed by atoms with Crippen LogP contribution in [0.3, 0.4) is 0 Å². The molecule has 1 aliphatic rings. The second-order valence-electron chi connectivity index (χ2n) is 5.99. The summed E-state index contributed by atoms with van der Waals surface area (Å²) in [6, 6.07) is 9.06. The van der Waals surface area contributed by atoms with Gasteiger partial charge in [0.15, 0.2) is 5.16 Å². The maximum Gasteiger partial charge on any atom is 0.321 e. The molecule has 8 heteroatoms. The van der Waals surface area contributed by atoms with Gasteiger partial charge in [-0.3, -0.25) is 10.1 Å². The van der Waals surface area contributed by atoms with Crippen molar-refractivity contribution in [1.29, 1.82) is 0 Å². The van der Waals surface area contributed by atoms with Gasteiger partial charge in [-0.1, -0.05) is 42.1 Å². The first-order valence-electron chi connectivity index (χ1n) is 8.27. The van der Waals surface area contributed by atoms with Gasteiger partial charge in [-0.05, 0) is 18.4 Å². The first-order valence-corrected chi connectivity index (χ1v) is 9.25. The van der Waals surface area contributed by atoms with E-state index in [2.05, 4.69) is 20.8 Å². The molecule has 0 unspecified atom stereocenters. The van der Waals surface area contributed by atoms with E-state index in [1.54, 1.807) is 0 Å². The van der Waals surface area contributed by atoms with Gasteiger partial charge < -0.3 is 9.88 Å². The Kier molecular flexibility index (Phi) is 5.70. The van der Waals surface area contributed by atoms with E-state index >= 15 is 0 Å². The molecule has 0 bridgehead atoms. The molecule has 0 aliphatic heterocycles. The van der Waals surface area contributed by atoms with Crippen LogP contribution in [0.5, 0.6) is 0 Å². The predicted molar refractivity (Wildman–Crippen MR) is 95.1 cm³/mol. The third-order valence-electron chi connectivity index (χ3n) is 3.92. The van der Waals surface area contributed by atoms with Crippen molar-refractivity contribution in [3.63, 3.8) is 0 Å². The van der Waals surface area contributed by atoms with Crippen molar-refractivity contribution >= 4 is 23.7 Å². The van der Waals surface area contributed by atoms with Crippen molar-refractivity contribution in [1.82, 2.24) is 25.4 Å². The van der Waals surface area contributed by atoms with E-state index in [0.717, 1.165) is 16.5 Å². The number of benzene rings is 1. The van der Waals surface area contributed by atoms with Crippen LogP contribution in [0.25, 0.3) is 0 Å². The molecule has 0 radical (unpaired) electrons. The van der Waals surface area contributed by atoms with E-state index in [9.17, 15) is 9.59 Å². The molecule has 7 nitrogen and oxygen atoms in total. The molecule has 1 aromatic carbocycles. The number of carbonyl (C=O) groups excluding carboxylic acids is 2. The monoisotopic (exact) mass is 359 g/mol. The van der Waals surface area contributed by atoms with Crippen LogP contribution in [0.1, 0.15) is 36.6 Å². The van der Waals surface area contributed by atoms with Crippen LogP contribution in [-0.2, 0) is 18.4 Å². The molecule has 3 rings (SSSR count).